The molecule has 0 bridgehead atoms. The Hall–Kier alpha value is -1.00. The number of hydrogen-bond donors (Lipinski definition) is 2. The Kier molecular flexibility index (Phi) is 8.57. The molecule has 0 aliphatic heterocycles. The molecule has 0 aromatic carbocycles. The Bertz CT molecular complexity index is 389. The molecule has 0 aromatic rings. The number of aliphatic hydroxyl groups excluding tert-OH is 1. The van der Waals surface area contributed by atoms with E-state index in [1.807, 2.05) is 0 Å². The molecule has 2 atom stereocenters. The number of unbranched alkanes of at least 4 members (excludes halogenated alkanes) is 9. The number of ketones is 2. The van der Waals surface area contributed by atoms with Gasteiger partial charge in [-0.1, -0.05) is 64.7 Å². The van der Waals surface area contributed by atoms with Crippen LogP contribution < -0.4 is 0 Å². The van der Waals surface area contributed by atoms with Gasteiger partial charge in [0.2, 0.25) is 5.60 Å². The summed E-state index contributed by atoms with van der Waals surface area (Å²) in [6, 6.07) is 0. The molecule has 0 saturated carbocycles. The van der Waals surface area contributed by atoms with Crippen LogP contribution in [-0.2, 0) is 9.59 Å². The van der Waals surface area contributed by atoms with Crippen molar-refractivity contribution in [1.82, 2.24) is 0 Å². The minimum atomic E-state index is -2.22. The third kappa shape index (κ3) is 5.33. The van der Waals surface area contributed by atoms with Gasteiger partial charge in [-0.15, -0.1) is 0 Å². The van der Waals surface area contributed by atoms with Crippen LogP contribution in [0.2, 0.25) is 0 Å². The molecule has 4 heteroatoms. The SMILES string of the molecule is CCCCCCCCCCCCC(=O)C1(O)C(=O)C=CC1O. The summed E-state index contributed by atoms with van der Waals surface area (Å²) in [6.45, 7) is 2.21. The third-order valence-corrected chi connectivity index (χ3v) is 4.42. The zero-order valence-electron chi connectivity index (χ0n) is 13.7. The molecule has 0 spiro atoms. The van der Waals surface area contributed by atoms with Crippen molar-refractivity contribution in [3.8, 4) is 0 Å². The van der Waals surface area contributed by atoms with Gasteiger partial charge in [-0.25, -0.2) is 0 Å². The van der Waals surface area contributed by atoms with Crippen molar-refractivity contribution in [3.05, 3.63) is 12.2 Å². The monoisotopic (exact) mass is 310 g/mol. The van der Waals surface area contributed by atoms with Gasteiger partial charge in [0.15, 0.2) is 11.6 Å². The van der Waals surface area contributed by atoms with Crippen molar-refractivity contribution < 1.29 is 19.8 Å². The fourth-order valence-corrected chi connectivity index (χ4v) is 2.86. The first kappa shape index (κ1) is 19.0. The van der Waals surface area contributed by atoms with Gasteiger partial charge >= 0.3 is 0 Å². The Morgan fingerprint density at radius 1 is 1.05 bits per heavy atom. The highest BCUT2D eigenvalue weighted by atomic mass is 16.4. The van der Waals surface area contributed by atoms with Gasteiger partial charge in [0.05, 0.1) is 0 Å². The maximum Gasteiger partial charge on any atom is 0.215 e. The zero-order chi connectivity index (χ0) is 16.4. The fourth-order valence-electron chi connectivity index (χ4n) is 2.86. The average Bonchev–Trinajstić information content (AvgIpc) is 2.77. The second kappa shape index (κ2) is 9.90. The largest absolute Gasteiger partial charge is 0.385 e. The predicted molar refractivity (Wildman–Crippen MR) is 86.6 cm³/mol. The zero-order valence-corrected chi connectivity index (χ0v) is 13.7. The van der Waals surface area contributed by atoms with Gasteiger partial charge in [0.25, 0.3) is 0 Å². The molecule has 4 nitrogen and oxygen atoms in total. The van der Waals surface area contributed by atoms with E-state index >= 15 is 0 Å². The number of Topliss-reactive ketones (excluding diaryl/α,β-unsaturated/α-hetero) is 1. The lowest BCUT2D eigenvalue weighted by molar-refractivity contribution is -0.154. The van der Waals surface area contributed by atoms with Crippen molar-refractivity contribution in [2.45, 2.75) is 89.3 Å². The first-order valence-electron chi connectivity index (χ1n) is 8.69. The number of carbonyl (C=O) groups excluding carboxylic acids is 2. The van der Waals surface area contributed by atoms with E-state index in [1.165, 1.54) is 51.0 Å². The standard InChI is InChI=1S/C18H30O4/c1-2-3-4-5-6-7-8-9-10-11-12-15(19)18(22)16(20)13-14-17(18)21/h13-14,16,20,22H,2-12H2,1H3. The van der Waals surface area contributed by atoms with Crippen molar-refractivity contribution >= 4 is 11.6 Å². The number of carbonyl (C=O) groups is 2. The van der Waals surface area contributed by atoms with E-state index in [0.29, 0.717) is 6.42 Å². The molecule has 0 amide bonds. The van der Waals surface area contributed by atoms with Crippen LogP contribution in [0.4, 0.5) is 0 Å². The van der Waals surface area contributed by atoms with Crippen molar-refractivity contribution in [2.75, 3.05) is 0 Å². The molecule has 1 rings (SSSR count). The summed E-state index contributed by atoms with van der Waals surface area (Å²) < 4.78 is 0. The van der Waals surface area contributed by atoms with Crippen LogP contribution in [0.5, 0.6) is 0 Å². The van der Waals surface area contributed by atoms with Gasteiger partial charge in [-0.2, -0.15) is 0 Å². The molecule has 1 aliphatic rings. The summed E-state index contributed by atoms with van der Waals surface area (Å²) in [4.78, 5) is 23.5. The summed E-state index contributed by atoms with van der Waals surface area (Å²) in [6.07, 6.45) is 12.6. The Balaban J connectivity index is 2.05. The molecular weight excluding hydrogens is 280 g/mol. The van der Waals surface area contributed by atoms with E-state index in [9.17, 15) is 19.8 Å². The summed E-state index contributed by atoms with van der Waals surface area (Å²) >= 11 is 0. The number of hydrogen-bond acceptors (Lipinski definition) is 4. The normalized spacial score (nSPS) is 24.1. The van der Waals surface area contributed by atoms with Crippen molar-refractivity contribution in [1.29, 1.82) is 0 Å². The second-order valence-corrected chi connectivity index (χ2v) is 6.29. The Morgan fingerprint density at radius 2 is 1.55 bits per heavy atom. The molecule has 0 heterocycles. The summed E-state index contributed by atoms with van der Waals surface area (Å²) in [5, 5.41) is 19.6. The summed E-state index contributed by atoms with van der Waals surface area (Å²) in [5.74, 6) is -1.26. The highest BCUT2D eigenvalue weighted by Gasteiger charge is 2.50. The van der Waals surface area contributed by atoms with Crippen LogP contribution in [0.25, 0.3) is 0 Å². The van der Waals surface area contributed by atoms with E-state index in [0.717, 1.165) is 18.9 Å². The smallest absolute Gasteiger partial charge is 0.215 e. The van der Waals surface area contributed by atoms with Crippen LogP contribution in [0.15, 0.2) is 12.2 Å². The van der Waals surface area contributed by atoms with Crippen LogP contribution in [0, 0.1) is 0 Å². The quantitative estimate of drug-likeness (QED) is 0.429. The first-order valence-corrected chi connectivity index (χ1v) is 8.69. The van der Waals surface area contributed by atoms with Gasteiger partial charge in [-0.05, 0) is 18.6 Å². The highest BCUT2D eigenvalue weighted by molar-refractivity contribution is 6.17. The minimum Gasteiger partial charge on any atom is -0.385 e. The van der Waals surface area contributed by atoms with Gasteiger partial charge < -0.3 is 10.2 Å². The van der Waals surface area contributed by atoms with Crippen LogP contribution in [0.3, 0.4) is 0 Å². The average molecular weight is 310 g/mol. The maximum absolute atomic E-state index is 12.0. The molecular formula is C18H30O4. The molecule has 0 radical (unpaired) electrons. The molecule has 2 N–H and O–H groups in total. The van der Waals surface area contributed by atoms with Crippen LogP contribution in [0.1, 0.15) is 77.6 Å². The van der Waals surface area contributed by atoms with Crippen molar-refractivity contribution in [2.24, 2.45) is 0 Å². The molecule has 1 aliphatic carbocycles. The van der Waals surface area contributed by atoms with Gasteiger partial charge in [0.1, 0.15) is 6.10 Å². The lowest BCUT2D eigenvalue weighted by Crippen LogP contribution is -2.51. The predicted octanol–water partition coefficient (Wildman–Crippen LogP) is 3.10. The number of rotatable bonds is 12. The topological polar surface area (TPSA) is 74.6 Å². The molecule has 22 heavy (non-hydrogen) atoms. The highest BCUT2D eigenvalue weighted by Crippen LogP contribution is 2.24. The number of aliphatic hydroxyl groups is 2. The summed E-state index contributed by atoms with van der Waals surface area (Å²) in [7, 11) is 0. The molecule has 126 valence electrons. The second-order valence-electron chi connectivity index (χ2n) is 6.29. The molecule has 2 unspecified atom stereocenters. The van der Waals surface area contributed by atoms with Crippen molar-refractivity contribution in [3.63, 3.8) is 0 Å². The lowest BCUT2D eigenvalue weighted by Gasteiger charge is -2.23. The van der Waals surface area contributed by atoms with E-state index in [4.69, 9.17) is 0 Å². The van der Waals surface area contributed by atoms with Crippen LogP contribution in [-0.4, -0.2) is 33.5 Å². The Labute approximate surface area is 133 Å². The molecule has 0 fully saturated rings. The van der Waals surface area contributed by atoms with E-state index in [-0.39, 0.29) is 6.42 Å². The maximum atomic E-state index is 12.0. The van der Waals surface area contributed by atoms with E-state index in [2.05, 4.69) is 6.92 Å². The third-order valence-electron chi connectivity index (χ3n) is 4.42. The first-order chi connectivity index (χ1) is 10.5. The van der Waals surface area contributed by atoms with Gasteiger partial charge in [0, 0.05) is 6.42 Å². The van der Waals surface area contributed by atoms with E-state index < -0.39 is 23.3 Å². The summed E-state index contributed by atoms with van der Waals surface area (Å²) in [5.41, 5.74) is -2.22. The molecule has 0 saturated heterocycles. The van der Waals surface area contributed by atoms with Gasteiger partial charge in [-0.3, -0.25) is 9.59 Å². The lowest BCUT2D eigenvalue weighted by atomic mass is 9.89. The Morgan fingerprint density at radius 3 is 2.00 bits per heavy atom. The fraction of sp³-hybridized carbons (Fsp3) is 0.778. The van der Waals surface area contributed by atoms with Crippen LogP contribution >= 0.6 is 0 Å². The molecule has 0 aromatic heterocycles. The minimum absolute atomic E-state index is 0.150. The van der Waals surface area contributed by atoms with E-state index in [1.54, 1.807) is 0 Å².